The summed E-state index contributed by atoms with van der Waals surface area (Å²) in [5.74, 6) is 0.682. The second kappa shape index (κ2) is 7.27. The van der Waals surface area contributed by atoms with Crippen LogP contribution in [0, 0.1) is 12.8 Å². The summed E-state index contributed by atoms with van der Waals surface area (Å²) in [5, 5.41) is 8.73. The maximum absolute atomic E-state index is 6.28. The standard InChI is InChI=1S/C14H27ClN4/c1-10(2)7-12(9-18(4)5)16-8-13-14(15)11(3)17-19(13)6/h10,12,16H,7-9H2,1-6H3. The Balaban J connectivity index is 2.64. The molecule has 0 bridgehead atoms. The monoisotopic (exact) mass is 286 g/mol. The number of hydrogen-bond acceptors (Lipinski definition) is 3. The molecule has 1 unspecified atom stereocenters. The van der Waals surface area contributed by atoms with Gasteiger partial charge in [0.05, 0.1) is 16.4 Å². The fourth-order valence-corrected chi connectivity index (χ4v) is 2.57. The first kappa shape index (κ1) is 16.5. The molecule has 1 heterocycles. The smallest absolute Gasteiger partial charge is 0.0860 e. The molecule has 1 aromatic heterocycles. The van der Waals surface area contributed by atoms with Gasteiger partial charge in [0.25, 0.3) is 0 Å². The molecule has 0 aliphatic rings. The van der Waals surface area contributed by atoms with Crippen LogP contribution in [0.3, 0.4) is 0 Å². The van der Waals surface area contributed by atoms with Gasteiger partial charge < -0.3 is 10.2 Å². The minimum absolute atomic E-state index is 0.473. The van der Waals surface area contributed by atoms with Gasteiger partial charge in [0.1, 0.15) is 0 Å². The number of rotatable bonds is 7. The maximum atomic E-state index is 6.28. The van der Waals surface area contributed by atoms with E-state index in [0.717, 1.165) is 35.9 Å². The summed E-state index contributed by atoms with van der Waals surface area (Å²) in [6.45, 7) is 8.25. The molecule has 1 rings (SSSR count). The molecular formula is C14H27ClN4. The van der Waals surface area contributed by atoms with Crippen molar-refractivity contribution in [3.63, 3.8) is 0 Å². The third-order valence-corrected chi connectivity index (χ3v) is 3.65. The maximum Gasteiger partial charge on any atom is 0.0860 e. The Labute approximate surface area is 122 Å². The zero-order valence-electron chi connectivity index (χ0n) is 13.0. The van der Waals surface area contributed by atoms with Crippen molar-refractivity contribution in [3.8, 4) is 0 Å². The summed E-state index contributed by atoms with van der Waals surface area (Å²) in [4.78, 5) is 2.22. The second-order valence-electron chi connectivity index (χ2n) is 5.94. The molecular weight excluding hydrogens is 260 g/mol. The lowest BCUT2D eigenvalue weighted by atomic mass is 10.0. The fourth-order valence-electron chi connectivity index (χ4n) is 2.35. The van der Waals surface area contributed by atoms with E-state index in [1.54, 1.807) is 0 Å². The normalized spacial score (nSPS) is 13.5. The summed E-state index contributed by atoms with van der Waals surface area (Å²) in [7, 11) is 6.16. The third kappa shape index (κ3) is 5.13. The second-order valence-corrected chi connectivity index (χ2v) is 6.32. The first-order valence-electron chi connectivity index (χ1n) is 6.87. The van der Waals surface area contributed by atoms with Crippen molar-refractivity contribution >= 4 is 11.6 Å². The van der Waals surface area contributed by atoms with E-state index in [0.29, 0.717) is 12.0 Å². The Morgan fingerprint density at radius 3 is 2.42 bits per heavy atom. The van der Waals surface area contributed by atoms with Crippen molar-refractivity contribution < 1.29 is 0 Å². The molecule has 4 nitrogen and oxygen atoms in total. The quantitative estimate of drug-likeness (QED) is 0.836. The van der Waals surface area contributed by atoms with E-state index in [1.807, 2.05) is 18.7 Å². The Bertz CT molecular complexity index is 388. The molecule has 0 spiro atoms. The minimum atomic E-state index is 0.473. The number of nitrogens with zero attached hydrogens (tertiary/aromatic N) is 3. The topological polar surface area (TPSA) is 33.1 Å². The summed E-state index contributed by atoms with van der Waals surface area (Å²) in [6, 6.07) is 0.473. The number of hydrogen-bond donors (Lipinski definition) is 1. The van der Waals surface area contributed by atoms with Crippen molar-refractivity contribution in [1.82, 2.24) is 20.0 Å². The van der Waals surface area contributed by atoms with Crippen LogP contribution in [-0.2, 0) is 13.6 Å². The van der Waals surface area contributed by atoms with Gasteiger partial charge in [0, 0.05) is 26.2 Å². The molecule has 1 atom stereocenters. The molecule has 19 heavy (non-hydrogen) atoms. The van der Waals surface area contributed by atoms with Crippen LogP contribution in [0.2, 0.25) is 5.02 Å². The van der Waals surface area contributed by atoms with Crippen molar-refractivity contribution in [2.24, 2.45) is 13.0 Å². The zero-order chi connectivity index (χ0) is 14.6. The highest BCUT2D eigenvalue weighted by molar-refractivity contribution is 6.31. The fraction of sp³-hybridized carbons (Fsp3) is 0.786. The number of halogens is 1. The van der Waals surface area contributed by atoms with Gasteiger partial charge in [-0.05, 0) is 33.4 Å². The van der Waals surface area contributed by atoms with E-state index in [9.17, 15) is 0 Å². The van der Waals surface area contributed by atoms with Gasteiger partial charge in [-0.3, -0.25) is 4.68 Å². The van der Waals surface area contributed by atoms with Gasteiger partial charge in [-0.2, -0.15) is 5.10 Å². The summed E-state index contributed by atoms with van der Waals surface area (Å²) >= 11 is 6.28. The predicted molar refractivity (Wildman–Crippen MR) is 81.6 cm³/mol. The van der Waals surface area contributed by atoms with Gasteiger partial charge >= 0.3 is 0 Å². The highest BCUT2D eigenvalue weighted by atomic mass is 35.5. The van der Waals surface area contributed by atoms with Crippen LogP contribution in [0.4, 0.5) is 0 Å². The van der Waals surface area contributed by atoms with Crippen molar-refractivity contribution in [3.05, 3.63) is 16.4 Å². The lowest BCUT2D eigenvalue weighted by Gasteiger charge is -2.24. The molecule has 0 radical (unpaired) electrons. The van der Waals surface area contributed by atoms with E-state index in [4.69, 9.17) is 11.6 Å². The number of likely N-dealkylation sites (N-methyl/N-ethyl adjacent to an activating group) is 1. The van der Waals surface area contributed by atoms with Crippen LogP contribution in [0.1, 0.15) is 31.7 Å². The van der Waals surface area contributed by atoms with E-state index in [1.165, 1.54) is 0 Å². The Hall–Kier alpha value is -0.580. The largest absolute Gasteiger partial charge is 0.308 e. The van der Waals surface area contributed by atoms with Crippen LogP contribution in [0.25, 0.3) is 0 Å². The molecule has 0 saturated heterocycles. The predicted octanol–water partition coefficient (Wildman–Crippen LogP) is 2.45. The van der Waals surface area contributed by atoms with Gasteiger partial charge in [-0.15, -0.1) is 0 Å². The van der Waals surface area contributed by atoms with Crippen LogP contribution in [-0.4, -0.2) is 41.4 Å². The lowest BCUT2D eigenvalue weighted by molar-refractivity contribution is 0.303. The minimum Gasteiger partial charge on any atom is -0.308 e. The SMILES string of the molecule is Cc1nn(C)c(CNC(CC(C)C)CN(C)C)c1Cl. The van der Waals surface area contributed by atoms with Crippen LogP contribution in [0.5, 0.6) is 0 Å². The number of nitrogens with one attached hydrogen (secondary N) is 1. The molecule has 0 amide bonds. The Morgan fingerprint density at radius 1 is 1.37 bits per heavy atom. The molecule has 1 N–H and O–H groups in total. The number of aromatic nitrogens is 2. The molecule has 110 valence electrons. The van der Waals surface area contributed by atoms with E-state index in [-0.39, 0.29) is 0 Å². The highest BCUT2D eigenvalue weighted by Gasteiger charge is 2.15. The van der Waals surface area contributed by atoms with Gasteiger partial charge in [0.2, 0.25) is 0 Å². The molecule has 5 heteroatoms. The molecule has 0 fully saturated rings. The summed E-state index contributed by atoms with van der Waals surface area (Å²) < 4.78 is 1.87. The lowest BCUT2D eigenvalue weighted by Crippen LogP contribution is -2.39. The van der Waals surface area contributed by atoms with Crippen molar-refractivity contribution in [2.75, 3.05) is 20.6 Å². The van der Waals surface area contributed by atoms with Gasteiger partial charge in [0.15, 0.2) is 0 Å². The van der Waals surface area contributed by atoms with Crippen molar-refractivity contribution in [2.45, 2.75) is 39.8 Å². The van der Waals surface area contributed by atoms with Crippen molar-refractivity contribution in [1.29, 1.82) is 0 Å². The van der Waals surface area contributed by atoms with Crippen LogP contribution >= 0.6 is 11.6 Å². The van der Waals surface area contributed by atoms with Crippen LogP contribution in [0.15, 0.2) is 0 Å². The van der Waals surface area contributed by atoms with E-state index >= 15 is 0 Å². The molecule has 0 aliphatic heterocycles. The first-order valence-corrected chi connectivity index (χ1v) is 7.25. The van der Waals surface area contributed by atoms with Crippen LogP contribution < -0.4 is 5.32 Å². The molecule has 0 aliphatic carbocycles. The molecule has 0 saturated carbocycles. The first-order chi connectivity index (χ1) is 8.81. The van der Waals surface area contributed by atoms with Gasteiger partial charge in [-0.25, -0.2) is 0 Å². The number of aryl methyl sites for hydroxylation is 2. The van der Waals surface area contributed by atoms with E-state index in [2.05, 4.69) is 43.3 Å². The summed E-state index contributed by atoms with van der Waals surface area (Å²) in [6.07, 6.45) is 1.16. The molecule has 1 aromatic rings. The van der Waals surface area contributed by atoms with E-state index < -0.39 is 0 Å². The third-order valence-electron chi connectivity index (χ3n) is 3.16. The van der Waals surface area contributed by atoms with Gasteiger partial charge in [-0.1, -0.05) is 25.4 Å². The average Bonchev–Trinajstić information content (AvgIpc) is 2.49. The highest BCUT2D eigenvalue weighted by Crippen LogP contribution is 2.19. The average molecular weight is 287 g/mol. The Morgan fingerprint density at radius 2 is 2.00 bits per heavy atom. The molecule has 0 aromatic carbocycles. The zero-order valence-corrected chi connectivity index (χ0v) is 13.8. The Kier molecular flexibility index (Phi) is 6.30. The summed E-state index contributed by atoms with van der Waals surface area (Å²) in [5.41, 5.74) is 1.96.